The summed E-state index contributed by atoms with van der Waals surface area (Å²) in [5.41, 5.74) is 2.23. The van der Waals surface area contributed by atoms with Crippen molar-refractivity contribution in [3.63, 3.8) is 0 Å². The largest absolute Gasteiger partial charge is 0.339 e. The fraction of sp³-hybridized carbons (Fsp3) is 0.455. The third-order valence-corrected chi connectivity index (χ3v) is 7.71. The molecule has 2 fully saturated rings. The van der Waals surface area contributed by atoms with Gasteiger partial charge in [-0.3, -0.25) is 24.5 Å². The molecule has 1 aromatic carbocycles. The average molecular weight is 469 g/mol. The molecule has 1 N–H and O–H groups in total. The summed E-state index contributed by atoms with van der Waals surface area (Å²) in [7, 11) is 1.78. The van der Waals surface area contributed by atoms with Gasteiger partial charge in [0.2, 0.25) is 11.8 Å². The number of benzene rings is 1. The van der Waals surface area contributed by atoms with Crippen LogP contribution in [0.2, 0.25) is 0 Å². The molecule has 4 heterocycles. The minimum absolute atomic E-state index is 0.172. The molecule has 5 rings (SSSR count). The average Bonchev–Trinajstić information content (AvgIpc) is 3.54. The summed E-state index contributed by atoms with van der Waals surface area (Å²) in [5.74, 6) is -0.00916. The maximum absolute atomic E-state index is 12.9. The second-order valence-electron chi connectivity index (χ2n) is 8.61. The molecular formula is C22H24N6O4S. The molecule has 3 aliphatic rings. The van der Waals surface area contributed by atoms with E-state index in [1.54, 1.807) is 30.3 Å². The fourth-order valence-corrected chi connectivity index (χ4v) is 5.89. The summed E-state index contributed by atoms with van der Waals surface area (Å²) in [5, 5.41) is 10.9. The Morgan fingerprint density at radius 1 is 1.27 bits per heavy atom. The van der Waals surface area contributed by atoms with Crippen LogP contribution in [0, 0.1) is 0 Å². The summed E-state index contributed by atoms with van der Waals surface area (Å²) in [6.45, 7) is 0.962. The number of hydrogen-bond donors (Lipinski definition) is 1. The Bertz CT molecular complexity index is 1140. The third-order valence-electron chi connectivity index (χ3n) is 6.33. The first kappa shape index (κ1) is 21.6. The van der Waals surface area contributed by atoms with Gasteiger partial charge in [0.1, 0.15) is 6.04 Å². The molecule has 0 saturated carbocycles. The predicted octanol–water partition coefficient (Wildman–Crippen LogP) is 0.996. The number of nitrogens with zero attached hydrogens (tertiary/aromatic N) is 5. The van der Waals surface area contributed by atoms with E-state index in [9.17, 15) is 19.2 Å². The number of rotatable bonds is 5. The Balaban J connectivity index is 1.30. The van der Waals surface area contributed by atoms with E-state index in [-0.39, 0.29) is 36.4 Å². The van der Waals surface area contributed by atoms with E-state index in [1.165, 1.54) is 16.0 Å². The minimum Gasteiger partial charge on any atom is -0.339 e. The van der Waals surface area contributed by atoms with Crippen LogP contribution in [0.25, 0.3) is 5.69 Å². The number of carbonyl (C=O) groups is 4. The summed E-state index contributed by atoms with van der Waals surface area (Å²) in [6, 6.07) is 4.61. The highest BCUT2D eigenvalue weighted by Gasteiger charge is 2.39. The molecule has 0 bridgehead atoms. The van der Waals surface area contributed by atoms with Gasteiger partial charge in [0.25, 0.3) is 11.8 Å². The molecule has 172 valence electrons. The molecule has 2 unspecified atom stereocenters. The Labute approximate surface area is 194 Å². The van der Waals surface area contributed by atoms with Crippen molar-refractivity contribution >= 4 is 35.4 Å². The highest BCUT2D eigenvalue weighted by atomic mass is 32.2. The second kappa shape index (κ2) is 8.62. The lowest BCUT2D eigenvalue weighted by molar-refractivity contribution is -0.136. The van der Waals surface area contributed by atoms with Gasteiger partial charge in [0.05, 0.1) is 11.9 Å². The Hall–Kier alpha value is -3.21. The van der Waals surface area contributed by atoms with Gasteiger partial charge in [-0.2, -0.15) is 11.8 Å². The first-order chi connectivity index (χ1) is 15.9. The zero-order valence-corrected chi connectivity index (χ0v) is 19.0. The molecule has 0 spiro atoms. The van der Waals surface area contributed by atoms with E-state index in [2.05, 4.69) is 15.6 Å². The van der Waals surface area contributed by atoms with Crippen LogP contribution >= 0.6 is 11.8 Å². The van der Waals surface area contributed by atoms with Crippen LogP contribution in [-0.2, 0) is 16.1 Å². The van der Waals surface area contributed by atoms with E-state index < -0.39 is 11.9 Å². The van der Waals surface area contributed by atoms with Crippen LogP contribution in [0.3, 0.4) is 0 Å². The molecule has 4 amide bonds. The first-order valence-electron chi connectivity index (χ1n) is 11.0. The van der Waals surface area contributed by atoms with E-state index >= 15 is 0 Å². The lowest BCUT2D eigenvalue weighted by atomic mass is 10.0. The van der Waals surface area contributed by atoms with Gasteiger partial charge in [0.15, 0.2) is 5.69 Å². The normalized spacial score (nSPS) is 22.5. The maximum Gasteiger partial charge on any atom is 0.275 e. The van der Waals surface area contributed by atoms with Crippen molar-refractivity contribution < 1.29 is 19.2 Å². The Morgan fingerprint density at radius 2 is 2.12 bits per heavy atom. The van der Waals surface area contributed by atoms with E-state index in [4.69, 9.17) is 0 Å². The lowest BCUT2D eigenvalue weighted by Gasteiger charge is -2.29. The number of carbonyl (C=O) groups excluding carboxylic acids is 4. The zero-order valence-electron chi connectivity index (χ0n) is 18.2. The number of imide groups is 1. The topological polar surface area (TPSA) is 118 Å². The molecule has 0 radical (unpaired) electrons. The van der Waals surface area contributed by atoms with Gasteiger partial charge in [-0.25, -0.2) is 4.68 Å². The van der Waals surface area contributed by atoms with Crippen LogP contribution < -0.4 is 5.32 Å². The zero-order chi connectivity index (χ0) is 23.1. The number of hydrogen-bond acceptors (Lipinski definition) is 7. The second-order valence-corrected chi connectivity index (χ2v) is 10.0. The van der Waals surface area contributed by atoms with Gasteiger partial charge in [0, 0.05) is 37.4 Å². The summed E-state index contributed by atoms with van der Waals surface area (Å²) >= 11 is 1.90. The number of fused-ring (bicyclic) bond motifs is 1. The number of aromatic nitrogens is 3. The molecule has 33 heavy (non-hydrogen) atoms. The molecule has 2 atom stereocenters. The van der Waals surface area contributed by atoms with Crippen molar-refractivity contribution in [3.05, 3.63) is 41.2 Å². The molecule has 2 saturated heterocycles. The van der Waals surface area contributed by atoms with Crippen molar-refractivity contribution in [2.24, 2.45) is 0 Å². The van der Waals surface area contributed by atoms with Crippen molar-refractivity contribution in [2.75, 3.05) is 19.3 Å². The molecule has 10 nitrogen and oxygen atoms in total. The number of nitrogens with one attached hydrogen (secondary N) is 1. The van der Waals surface area contributed by atoms with Crippen LogP contribution in [0.4, 0.5) is 0 Å². The van der Waals surface area contributed by atoms with Gasteiger partial charge >= 0.3 is 0 Å². The smallest absolute Gasteiger partial charge is 0.275 e. The lowest BCUT2D eigenvalue weighted by Crippen LogP contribution is -2.52. The van der Waals surface area contributed by atoms with Gasteiger partial charge < -0.3 is 9.80 Å². The molecule has 0 aliphatic carbocycles. The van der Waals surface area contributed by atoms with Crippen molar-refractivity contribution in [3.8, 4) is 5.69 Å². The maximum atomic E-state index is 12.9. The van der Waals surface area contributed by atoms with Crippen LogP contribution in [0.15, 0.2) is 24.4 Å². The van der Waals surface area contributed by atoms with Crippen molar-refractivity contribution in [2.45, 2.75) is 43.5 Å². The van der Waals surface area contributed by atoms with E-state index in [0.717, 1.165) is 17.7 Å². The van der Waals surface area contributed by atoms with Gasteiger partial charge in [-0.15, -0.1) is 5.10 Å². The standard InChI is InChI=1S/C22H24N6O4S/c1-26(11-15-3-2-8-33-15)22(32)17-12-28(25-24-17)14-4-5-16-13(9-14)10-27(21(16)31)18-6-7-19(29)23-20(18)30/h4-5,9,12,15,18H,2-3,6-8,10-11H2,1H3,(H,23,29,30). The number of thioether (sulfide) groups is 1. The predicted molar refractivity (Wildman–Crippen MR) is 120 cm³/mol. The SMILES string of the molecule is CN(CC1CCCS1)C(=O)c1cn(-c2ccc3c(c2)CN(C2CCC(=O)NC2=O)C3=O)nn1. The first-order valence-corrected chi connectivity index (χ1v) is 12.0. The molecule has 2 aromatic rings. The molecular weight excluding hydrogens is 444 g/mol. The van der Waals surface area contributed by atoms with Crippen LogP contribution in [0.1, 0.15) is 52.1 Å². The highest BCUT2D eigenvalue weighted by molar-refractivity contribution is 8.00. The number of amides is 4. The Morgan fingerprint density at radius 3 is 2.88 bits per heavy atom. The van der Waals surface area contributed by atoms with Crippen LogP contribution in [0.5, 0.6) is 0 Å². The quantitative estimate of drug-likeness (QED) is 0.651. The molecule has 11 heteroatoms. The van der Waals surface area contributed by atoms with Gasteiger partial charge in [-0.1, -0.05) is 5.21 Å². The summed E-state index contributed by atoms with van der Waals surface area (Å²) in [4.78, 5) is 52.5. The summed E-state index contributed by atoms with van der Waals surface area (Å²) < 4.78 is 1.52. The number of piperidine rings is 1. The molecule has 3 aliphatic heterocycles. The van der Waals surface area contributed by atoms with Crippen LogP contribution in [-0.4, -0.2) is 79.1 Å². The monoisotopic (exact) mass is 468 g/mol. The third kappa shape index (κ3) is 4.12. The minimum atomic E-state index is -0.657. The Kier molecular flexibility index (Phi) is 5.65. The van der Waals surface area contributed by atoms with Gasteiger partial charge in [-0.05, 0) is 48.8 Å². The molecule has 1 aromatic heterocycles. The highest BCUT2D eigenvalue weighted by Crippen LogP contribution is 2.29. The van der Waals surface area contributed by atoms with Crippen molar-refractivity contribution in [1.29, 1.82) is 0 Å². The van der Waals surface area contributed by atoms with E-state index in [1.807, 2.05) is 17.8 Å². The summed E-state index contributed by atoms with van der Waals surface area (Å²) in [6.07, 6.45) is 4.44. The van der Waals surface area contributed by atoms with Crippen molar-refractivity contribution in [1.82, 2.24) is 30.1 Å². The van der Waals surface area contributed by atoms with E-state index in [0.29, 0.717) is 29.5 Å². The fourth-order valence-electron chi connectivity index (χ4n) is 4.56.